The van der Waals surface area contributed by atoms with Crippen LogP contribution in [0.4, 0.5) is 0 Å². The van der Waals surface area contributed by atoms with Crippen LogP contribution in [0.25, 0.3) is 0 Å². The third-order valence-corrected chi connectivity index (χ3v) is 3.41. The molecule has 0 radical (unpaired) electrons. The maximum atomic E-state index is 9.30. The lowest BCUT2D eigenvalue weighted by atomic mass is 9.97. The minimum atomic E-state index is 0.0124. The average molecular weight is 144 g/mol. The van der Waals surface area contributed by atoms with Crippen LogP contribution in [0.3, 0.4) is 0 Å². The van der Waals surface area contributed by atoms with E-state index in [1.165, 1.54) is 6.42 Å². The third-order valence-electron chi connectivity index (χ3n) is 2.78. The Labute approximate surface area is 60.9 Å². The van der Waals surface area contributed by atoms with E-state index in [1.807, 2.05) is 0 Å². The van der Waals surface area contributed by atoms with Gasteiger partial charge in [-0.2, -0.15) is 12.6 Å². The fourth-order valence-corrected chi connectivity index (χ4v) is 2.73. The molecule has 2 saturated carbocycles. The van der Waals surface area contributed by atoms with Crippen LogP contribution in [0.1, 0.15) is 19.3 Å². The van der Waals surface area contributed by atoms with E-state index in [0.717, 1.165) is 18.8 Å². The minimum absolute atomic E-state index is 0.0124. The fourth-order valence-electron chi connectivity index (χ4n) is 2.21. The monoisotopic (exact) mass is 144 g/mol. The summed E-state index contributed by atoms with van der Waals surface area (Å²) in [5.41, 5.74) is 0. The van der Waals surface area contributed by atoms with Gasteiger partial charge in [0.25, 0.3) is 0 Å². The topological polar surface area (TPSA) is 20.2 Å². The highest BCUT2D eigenvalue weighted by Gasteiger charge is 2.43. The number of hydrogen-bond donors (Lipinski definition) is 2. The molecular formula is C7H12OS. The average Bonchev–Trinajstić information content (AvgIpc) is 2.24. The molecule has 2 aliphatic rings. The molecule has 0 aliphatic heterocycles. The Morgan fingerprint density at radius 3 is 2.22 bits per heavy atom. The van der Waals surface area contributed by atoms with Crippen molar-refractivity contribution in [3.63, 3.8) is 0 Å². The molecule has 0 aromatic carbocycles. The summed E-state index contributed by atoms with van der Waals surface area (Å²) in [5.74, 6) is 1.32. The molecule has 0 amide bonds. The molecule has 9 heavy (non-hydrogen) atoms. The van der Waals surface area contributed by atoms with E-state index in [4.69, 9.17) is 0 Å². The van der Waals surface area contributed by atoms with Gasteiger partial charge in [-0.3, -0.25) is 0 Å². The number of fused-ring (bicyclic) bond motifs is 2. The summed E-state index contributed by atoms with van der Waals surface area (Å²) >= 11 is 4.43. The Bertz CT molecular complexity index is 108. The molecule has 1 N–H and O–H groups in total. The Balaban J connectivity index is 2.10. The van der Waals surface area contributed by atoms with Crippen LogP contribution in [-0.4, -0.2) is 16.5 Å². The molecule has 2 aliphatic carbocycles. The molecule has 2 bridgehead atoms. The predicted octanol–water partition coefficient (Wildman–Crippen LogP) is 1.08. The summed E-state index contributed by atoms with van der Waals surface area (Å²) in [6.45, 7) is 0. The van der Waals surface area contributed by atoms with Crippen molar-refractivity contribution < 1.29 is 5.11 Å². The van der Waals surface area contributed by atoms with Crippen molar-refractivity contribution in [1.82, 2.24) is 0 Å². The molecule has 1 nitrogen and oxygen atoms in total. The smallest absolute Gasteiger partial charge is 0.0572 e. The van der Waals surface area contributed by atoms with E-state index in [9.17, 15) is 5.11 Å². The van der Waals surface area contributed by atoms with Crippen molar-refractivity contribution in [2.75, 3.05) is 0 Å². The van der Waals surface area contributed by atoms with Crippen LogP contribution >= 0.6 is 12.6 Å². The first-order chi connectivity index (χ1) is 4.27. The van der Waals surface area contributed by atoms with Crippen LogP contribution in [0, 0.1) is 11.8 Å². The highest BCUT2D eigenvalue weighted by molar-refractivity contribution is 7.81. The SMILES string of the molecule is OC1CC2CC1CC2S. The van der Waals surface area contributed by atoms with Crippen LogP contribution in [0.15, 0.2) is 0 Å². The van der Waals surface area contributed by atoms with Gasteiger partial charge in [0.15, 0.2) is 0 Å². The zero-order chi connectivity index (χ0) is 6.43. The van der Waals surface area contributed by atoms with Gasteiger partial charge in [-0.05, 0) is 31.1 Å². The van der Waals surface area contributed by atoms with Crippen LogP contribution in [0.2, 0.25) is 0 Å². The first-order valence-corrected chi connectivity index (χ1v) is 4.15. The Morgan fingerprint density at radius 2 is 1.89 bits per heavy atom. The number of hydrogen-bond acceptors (Lipinski definition) is 2. The summed E-state index contributed by atoms with van der Waals surface area (Å²) < 4.78 is 0. The van der Waals surface area contributed by atoms with E-state index in [1.54, 1.807) is 0 Å². The molecule has 0 aromatic rings. The zero-order valence-electron chi connectivity index (χ0n) is 5.33. The van der Waals surface area contributed by atoms with Gasteiger partial charge < -0.3 is 5.11 Å². The Kier molecular flexibility index (Phi) is 1.27. The van der Waals surface area contributed by atoms with Crippen molar-refractivity contribution >= 4 is 12.6 Å². The molecule has 2 heteroatoms. The lowest BCUT2D eigenvalue weighted by Crippen LogP contribution is -2.21. The molecular weight excluding hydrogens is 132 g/mol. The second-order valence-corrected chi connectivity index (χ2v) is 4.03. The number of aliphatic hydroxyl groups excluding tert-OH is 1. The molecule has 0 saturated heterocycles. The third kappa shape index (κ3) is 0.802. The fraction of sp³-hybridized carbons (Fsp3) is 1.00. The van der Waals surface area contributed by atoms with E-state index in [-0.39, 0.29) is 6.10 Å². The molecule has 2 fully saturated rings. The summed E-state index contributed by atoms with van der Waals surface area (Å²) in [5, 5.41) is 9.90. The highest BCUT2D eigenvalue weighted by Crippen LogP contribution is 2.46. The maximum absolute atomic E-state index is 9.30. The summed E-state index contributed by atoms with van der Waals surface area (Å²) in [6, 6.07) is 0. The van der Waals surface area contributed by atoms with Crippen molar-refractivity contribution in [2.24, 2.45) is 11.8 Å². The second-order valence-electron chi connectivity index (χ2n) is 3.36. The van der Waals surface area contributed by atoms with Crippen molar-refractivity contribution in [2.45, 2.75) is 30.6 Å². The van der Waals surface area contributed by atoms with Gasteiger partial charge in [-0.15, -0.1) is 0 Å². The van der Waals surface area contributed by atoms with Gasteiger partial charge in [0.2, 0.25) is 0 Å². The van der Waals surface area contributed by atoms with E-state index in [0.29, 0.717) is 11.2 Å². The highest BCUT2D eigenvalue weighted by atomic mass is 32.1. The van der Waals surface area contributed by atoms with Crippen LogP contribution < -0.4 is 0 Å². The lowest BCUT2D eigenvalue weighted by molar-refractivity contribution is 0.115. The van der Waals surface area contributed by atoms with Gasteiger partial charge in [-0.1, -0.05) is 0 Å². The molecule has 0 aromatic heterocycles. The first kappa shape index (κ1) is 6.05. The van der Waals surface area contributed by atoms with E-state index < -0.39 is 0 Å². The van der Waals surface area contributed by atoms with Gasteiger partial charge in [0, 0.05) is 5.25 Å². The molecule has 52 valence electrons. The van der Waals surface area contributed by atoms with Gasteiger partial charge >= 0.3 is 0 Å². The lowest BCUT2D eigenvalue weighted by Gasteiger charge is -2.20. The molecule has 0 spiro atoms. The Morgan fingerprint density at radius 1 is 1.11 bits per heavy atom. The predicted molar refractivity (Wildman–Crippen MR) is 39.6 cm³/mol. The van der Waals surface area contributed by atoms with Gasteiger partial charge in [-0.25, -0.2) is 0 Å². The van der Waals surface area contributed by atoms with Crippen molar-refractivity contribution in [3.8, 4) is 0 Å². The summed E-state index contributed by atoms with van der Waals surface area (Å²) in [6.07, 6.45) is 3.40. The van der Waals surface area contributed by atoms with Crippen LogP contribution in [-0.2, 0) is 0 Å². The first-order valence-electron chi connectivity index (χ1n) is 3.63. The molecule has 2 rings (SSSR count). The minimum Gasteiger partial charge on any atom is -0.393 e. The standard InChI is InChI=1S/C7H12OS/c8-6-2-5-1-4(6)3-7(5)9/h4-9H,1-3H2. The largest absolute Gasteiger partial charge is 0.393 e. The van der Waals surface area contributed by atoms with Crippen molar-refractivity contribution in [1.29, 1.82) is 0 Å². The van der Waals surface area contributed by atoms with Crippen molar-refractivity contribution in [3.05, 3.63) is 0 Å². The van der Waals surface area contributed by atoms with Gasteiger partial charge in [0.05, 0.1) is 6.10 Å². The maximum Gasteiger partial charge on any atom is 0.0572 e. The summed E-state index contributed by atoms with van der Waals surface area (Å²) in [7, 11) is 0. The van der Waals surface area contributed by atoms with E-state index >= 15 is 0 Å². The molecule has 4 atom stereocenters. The molecule has 4 unspecified atom stereocenters. The Hall–Kier alpha value is 0.310. The summed E-state index contributed by atoms with van der Waals surface area (Å²) in [4.78, 5) is 0. The van der Waals surface area contributed by atoms with E-state index in [2.05, 4.69) is 12.6 Å². The number of thiol groups is 1. The number of aliphatic hydroxyl groups is 1. The quantitative estimate of drug-likeness (QED) is 0.487. The molecule has 0 heterocycles. The second kappa shape index (κ2) is 1.89. The zero-order valence-corrected chi connectivity index (χ0v) is 6.22. The normalized spacial score (nSPS) is 56.7. The van der Waals surface area contributed by atoms with Crippen LogP contribution in [0.5, 0.6) is 0 Å². The van der Waals surface area contributed by atoms with Gasteiger partial charge in [0.1, 0.15) is 0 Å². The number of rotatable bonds is 0.